The van der Waals surface area contributed by atoms with Crippen molar-refractivity contribution in [3.05, 3.63) is 59.4 Å². The molecule has 1 atom stereocenters. The van der Waals surface area contributed by atoms with Gasteiger partial charge in [-0.15, -0.1) is 0 Å². The molecule has 25 heavy (non-hydrogen) atoms. The van der Waals surface area contributed by atoms with E-state index in [0.29, 0.717) is 23.9 Å². The van der Waals surface area contributed by atoms with E-state index in [1.54, 1.807) is 18.3 Å². The standard InChI is InChI=1S/C19H23ClN2O3/c1-19(18(23)24-3,17-10-4-5-11-21-17)22(2)12-7-13-25-16-9-6-8-15(20)14-16/h4-6,8-11,14H,7,12-13H2,1-3H3/t19-/m1/s1. The molecule has 0 amide bonds. The number of nitrogens with zero attached hydrogens (tertiary/aromatic N) is 2. The van der Waals surface area contributed by atoms with Gasteiger partial charge in [0.05, 0.1) is 19.4 Å². The largest absolute Gasteiger partial charge is 0.493 e. The Kier molecular flexibility index (Phi) is 6.79. The number of pyridine rings is 1. The van der Waals surface area contributed by atoms with Gasteiger partial charge in [0, 0.05) is 17.8 Å². The number of hydrogen-bond acceptors (Lipinski definition) is 5. The normalized spacial score (nSPS) is 13.3. The third kappa shape index (κ3) is 4.71. The minimum absolute atomic E-state index is 0.343. The van der Waals surface area contributed by atoms with Crippen LogP contribution in [-0.4, -0.2) is 43.2 Å². The predicted molar refractivity (Wildman–Crippen MR) is 97.8 cm³/mol. The third-order valence-electron chi connectivity index (χ3n) is 4.21. The molecule has 5 nitrogen and oxygen atoms in total. The van der Waals surface area contributed by atoms with Gasteiger partial charge >= 0.3 is 5.97 Å². The highest BCUT2D eigenvalue weighted by Crippen LogP contribution is 2.27. The minimum atomic E-state index is -0.952. The molecule has 0 saturated carbocycles. The van der Waals surface area contributed by atoms with Crippen LogP contribution < -0.4 is 4.74 Å². The van der Waals surface area contributed by atoms with Crippen molar-refractivity contribution in [2.24, 2.45) is 0 Å². The van der Waals surface area contributed by atoms with Gasteiger partial charge in [-0.25, -0.2) is 4.79 Å². The second kappa shape index (κ2) is 8.83. The lowest BCUT2D eigenvalue weighted by molar-refractivity contribution is -0.154. The maximum Gasteiger partial charge on any atom is 0.332 e. The van der Waals surface area contributed by atoms with Crippen LogP contribution >= 0.6 is 11.6 Å². The Morgan fingerprint density at radius 2 is 2.08 bits per heavy atom. The summed E-state index contributed by atoms with van der Waals surface area (Å²) in [5.41, 5.74) is -0.299. The number of carbonyl (C=O) groups excluding carboxylic acids is 1. The molecule has 0 aliphatic carbocycles. The molecule has 0 bridgehead atoms. The van der Waals surface area contributed by atoms with Crippen LogP contribution in [0, 0.1) is 0 Å². The Bertz CT molecular complexity index is 696. The van der Waals surface area contributed by atoms with Crippen LogP contribution in [0.5, 0.6) is 5.75 Å². The summed E-state index contributed by atoms with van der Waals surface area (Å²) in [5.74, 6) is 0.389. The van der Waals surface area contributed by atoms with E-state index in [9.17, 15) is 4.79 Å². The number of rotatable bonds is 8. The van der Waals surface area contributed by atoms with Gasteiger partial charge in [-0.05, 0) is 50.7 Å². The molecule has 6 heteroatoms. The van der Waals surface area contributed by atoms with Gasteiger partial charge < -0.3 is 9.47 Å². The molecule has 0 N–H and O–H groups in total. The summed E-state index contributed by atoms with van der Waals surface area (Å²) < 4.78 is 10.7. The SMILES string of the molecule is COC(=O)[C@@](C)(c1ccccn1)N(C)CCCOc1cccc(Cl)c1. The van der Waals surface area contributed by atoms with Crippen molar-refractivity contribution in [1.29, 1.82) is 0 Å². The van der Waals surface area contributed by atoms with Crippen LogP contribution in [0.4, 0.5) is 0 Å². The predicted octanol–water partition coefficient (Wildman–Crippen LogP) is 3.52. The molecule has 2 aromatic rings. The van der Waals surface area contributed by atoms with Crippen LogP contribution in [0.25, 0.3) is 0 Å². The molecule has 0 spiro atoms. The average Bonchev–Trinajstić information content (AvgIpc) is 2.64. The number of aromatic nitrogens is 1. The maximum atomic E-state index is 12.4. The number of methoxy groups -OCH3 is 1. The van der Waals surface area contributed by atoms with E-state index in [2.05, 4.69) is 4.98 Å². The summed E-state index contributed by atoms with van der Waals surface area (Å²) in [6, 6.07) is 12.8. The first-order valence-corrected chi connectivity index (χ1v) is 8.46. The van der Waals surface area contributed by atoms with Crippen molar-refractivity contribution in [2.75, 3.05) is 27.3 Å². The number of carbonyl (C=O) groups is 1. The fraction of sp³-hybridized carbons (Fsp3) is 0.368. The monoisotopic (exact) mass is 362 g/mol. The first-order valence-electron chi connectivity index (χ1n) is 8.08. The highest BCUT2D eigenvalue weighted by molar-refractivity contribution is 6.30. The summed E-state index contributed by atoms with van der Waals surface area (Å²) >= 11 is 5.94. The Hall–Kier alpha value is -2.11. The summed E-state index contributed by atoms with van der Waals surface area (Å²) in [7, 11) is 3.27. The smallest absolute Gasteiger partial charge is 0.332 e. The number of benzene rings is 1. The summed E-state index contributed by atoms with van der Waals surface area (Å²) in [6.07, 6.45) is 2.41. The van der Waals surface area contributed by atoms with E-state index < -0.39 is 5.54 Å². The zero-order valence-corrected chi connectivity index (χ0v) is 15.5. The quantitative estimate of drug-likeness (QED) is 0.531. The Morgan fingerprint density at radius 3 is 2.72 bits per heavy atom. The van der Waals surface area contributed by atoms with Crippen LogP contribution in [0.2, 0.25) is 5.02 Å². The number of hydrogen-bond donors (Lipinski definition) is 0. The molecule has 1 aromatic heterocycles. The van der Waals surface area contributed by atoms with E-state index in [4.69, 9.17) is 21.1 Å². The number of esters is 1. The zero-order chi connectivity index (χ0) is 18.3. The molecule has 134 valence electrons. The molecular formula is C19H23ClN2O3. The molecule has 1 heterocycles. The minimum Gasteiger partial charge on any atom is -0.493 e. The van der Waals surface area contributed by atoms with Gasteiger partial charge in [-0.3, -0.25) is 9.88 Å². The first kappa shape index (κ1) is 19.2. The molecule has 1 aromatic carbocycles. The number of halogens is 1. The third-order valence-corrected chi connectivity index (χ3v) is 4.45. The Labute approximate surface area is 153 Å². The molecule has 0 unspecified atom stereocenters. The van der Waals surface area contributed by atoms with E-state index in [-0.39, 0.29) is 5.97 Å². The highest BCUT2D eigenvalue weighted by Gasteiger charge is 2.41. The first-order chi connectivity index (χ1) is 12.0. The molecule has 0 fully saturated rings. The fourth-order valence-electron chi connectivity index (χ4n) is 2.58. The molecular weight excluding hydrogens is 340 g/mol. The summed E-state index contributed by atoms with van der Waals surface area (Å²) in [4.78, 5) is 18.7. The van der Waals surface area contributed by atoms with E-state index in [1.807, 2.05) is 49.2 Å². The lowest BCUT2D eigenvalue weighted by Crippen LogP contribution is -2.49. The average molecular weight is 363 g/mol. The van der Waals surface area contributed by atoms with Crippen molar-refractivity contribution < 1.29 is 14.3 Å². The van der Waals surface area contributed by atoms with Crippen molar-refractivity contribution in [1.82, 2.24) is 9.88 Å². The summed E-state index contributed by atoms with van der Waals surface area (Å²) in [5, 5.41) is 0.642. The van der Waals surface area contributed by atoms with Crippen molar-refractivity contribution in [2.45, 2.75) is 18.9 Å². The van der Waals surface area contributed by atoms with Gasteiger partial charge in [0.15, 0.2) is 5.54 Å². The van der Waals surface area contributed by atoms with Crippen LogP contribution in [0.1, 0.15) is 19.0 Å². The summed E-state index contributed by atoms with van der Waals surface area (Å²) in [6.45, 7) is 2.98. The topological polar surface area (TPSA) is 51.7 Å². The van der Waals surface area contributed by atoms with E-state index in [0.717, 1.165) is 12.2 Å². The maximum absolute atomic E-state index is 12.4. The van der Waals surface area contributed by atoms with Crippen molar-refractivity contribution >= 4 is 17.6 Å². The Balaban J connectivity index is 1.98. The van der Waals surface area contributed by atoms with Gasteiger partial charge in [0.1, 0.15) is 5.75 Å². The van der Waals surface area contributed by atoms with Gasteiger partial charge in [0.25, 0.3) is 0 Å². The van der Waals surface area contributed by atoms with Crippen molar-refractivity contribution in [3.63, 3.8) is 0 Å². The van der Waals surface area contributed by atoms with Crippen molar-refractivity contribution in [3.8, 4) is 5.75 Å². The highest BCUT2D eigenvalue weighted by atomic mass is 35.5. The fourth-order valence-corrected chi connectivity index (χ4v) is 2.76. The van der Waals surface area contributed by atoms with Crippen LogP contribution in [-0.2, 0) is 15.1 Å². The molecule has 0 saturated heterocycles. The lowest BCUT2D eigenvalue weighted by atomic mass is 9.95. The molecule has 0 aliphatic rings. The van der Waals surface area contributed by atoms with E-state index in [1.165, 1.54) is 7.11 Å². The van der Waals surface area contributed by atoms with Crippen LogP contribution in [0.15, 0.2) is 48.7 Å². The second-order valence-corrected chi connectivity index (χ2v) is 6.30. The van der Waals surface area contributed by atoms with Crippen LogP contribution in [0.3, 0.4) is 0 Å². The molecule has 2 rings (SSSR count). The number of likely N-dealkylation sites (N-methyl/N-ethyl adjacent to an activating group) is 1. The van der Waals surface area contributed by atoms with Gasteiger partial charge in [-0.2, -0.15) is 0 Å². The zero-order valence-electron chi connectivity index (χ0n) is 14.7. The van der Waals surface area contributed by atoms with Gasteiger partial charge in [-0.1, -0.05) is 23.7 Å². The second-order valence-electron chi connectivity index (χ2n) is 5.86. The lowest BCUT2D eigenvalue weighted by Gasteiger charge is -2.35. The molecule has 0 aliphatic heterocycles. The number of ether oxygens (including phenoxy) is 2. The van der Waals surface area contributed by atoms with Gasteiger partial charge in [0.2, 0.25) is 0 Å². The van der Waals surface area contributed by atoms with E-state index >= 15 is 0 Å². The Morgan fingerprint density at radius 1 is 1.28 bits per heavy atom. The molecule has 0 radical (unpaired) electrons.